The molecular weight excluding hydrogens is 344 g/mol. The Morgan fingerprint density at radius 1 is 0.926 bits per heavy atom. The van der Waals surface area contributed by atoms with Crippen LogP contribution in [0.4, 0.5) is 5.69 Å². The predicted octanol–water partition coefficient (Wildman–Crippen LogP) is 4.00. The van der Waals surface area contributed by atoms with E-state index in [2.05, 4.69) is 5.32 Å². The highest BCUT2D eigenvalue weighted by atomic mass is 16.5. The first-order chi connectivity index (χ1) is 13.0. The molecule has 0 spiro atoms. The van der Waals surface area contributed by atoms with E-state index >= 15 is 0 Å². The van der Waals surface area contributed by atoms with Crippen molar-refractivity contribution in [2.75, 3.05) is 5.32 Å². The lowest BCUT2D eigenvalue weighted by Gasteiger charge is -2.14. The Morgan fingerprint density at radius 3 is 2.22 bits per heavy atom. The summed E-state index contributed by atoms with van der Waals surface area (Å²) in [5.41, 5.74) is 0.972. The van der Waals surface area contributed by atoms with Crippen molar-refractivity contribution in [2.45, 2.75) is 13.0 Å². The van der Waals surface area contributed by atoms with Crippen LogP contribution in [-0.2, 0) is 16.6 Å². The predicted molar refractivity (Wildman–Crippen MR) is 102 cm³/mol. The van der Waals surface area contributed by atoms with Gasteiger partial charge in [0.15, 0.2) is 6.10 Å². The molecule has 3 aromatic rings. The summed E-state index contributed by atoms with van der Waals surface area (Å²) in [5.74, 6) is 0.434. The SMILES string of the molecule is C[C@H](OC(=O)c1cccn1C)C(=O)Nc1ccc(Oc2ccccc2)cc1. The van der Waals surface area contributed by atoms with E-state index in [0.717, 1.165) is 5.75 Å². The van der Waals surface area contributed by atoms with E-state index in [9.17, 15) is 9.59 Å². The first-order valence-electron chi connectivity index (χ1n) is 8.49. The zero-order valence-corrected chi connectivity index (χ0v) is 15.1. The fourth-order valence-electron chi connectivity index (χ4n) is 2.42. The normalized spacial score (nSPS) is 11.5. The molecule has 0 saturated heterocycles. The highest BCUT2D eigenvalue weighted by Gasteiger charge is 2.20. The Labute approximate surface area is 157 Å². The lowest BCUT2D eigenvalue weighted by atomic mass is 10.2. The van der Waals surface area contributed by atoms with Gasteiger partial charge in [0.2, 0.25) is 0 Å². The summed E-state index contributed by atoms with van der Waals surface area (Å²) in [7, 11) is 1.74. The largest absolute Gasteiger partial charge is 0.457 e. The number of aromatic nitrogens is 1. The lowest BCUT2D eigenvalue weighted by Crippen LogP contribution is -2.30. The van der Waals surface area contributed by atoms with Gasteiger partial charge in [0.05, 0.1) is 0 Å². The van der Waals surface area contributed by atoms with Crippen LogP contribution in [0.5, 0.6) is 11.5 Å². The van der Waals surface area contributed by atoms with E-state index in [1.807, 2.05) is 30.3 Å². The summed E-state index contributed by atoms with van der Waals surface area (Å²) in [4.78, 5) is 24.3. The van der Waals surface area contributed by atoms with Crippen molar-refractivity contribution < 1.29 is 19.1 Å². The van der Waals surface area contributed by atoms with Crippen LogP contribution >= 0.6 is 0 Å². The fraction of sp³-hybridized carbons (Fsp3) is 0.143. The van der Waals surface area contributed by atoms with Crippen molar-refractivity contribution in [1.82, 2.24) is 4.57 Å². The van der Waals surface area contributed by atoms with E-state index in [4.69, 9.17) is 9.47 Å². The summed E-state index contributed by atoms with van der Waals surface area (Å²) in [5, 5.41) is 2.72. The molecule has 0 aliphatic carbocycles. The molecule has 1 atom stereocenters. The van der Waals surface area contributed by atoms with Gasteiger partial charge in [-0.05, 0) is 55.5 Å². The molecule has 1 amide bonds. The molecule has 3 rings (SSSR count). The van der Waals surface area contributed by atoms with Gasteiger partial charge in [-0.15, -0.1) is 0 Å². The maximum atomic E-state index is 12.3. The summed E-state index contributed by atoms with van der Waals surface area (Å²) >= 11 is 0. The van der Waals surface area contributed by atoms with E-state index in [0.29, 0.717) is 17.1 Å². The van der Waals surface area contributed by atoms with Crippen LogP contribution in [0.3, 0.4) is 0 Å². The molecule has 0 unspecified atom stereocenters. The Balaban J connectivity index is 1.55. The Kier molecular flexibility index (Phi) is 5.56. The number of anilines is 1. The first-order valence-corrected chi connectivity index (χ1v) is 8.49. The van der Waals surface area contributed by atoms with Crippen molar-refractivity contribution >= 4 is 17.6 Å². The summed E-state index contributed by atoms with van der Waals surface area (Å²) in [6.07, 6.45) is 0.813. The van der Waals surface area contributed by atoms with Crippen molar-refractivity contribution in [2.24, 2.45) is 7.05 Å². The second-order valence-corrected chi connectivity index (χ2v) is 5.98. The molecular formula is C21H20N2O4. The minimum absolute atomic E-state index is 0.386. The number of hydrogen-bond acceptors (Lipinski definition) is 4. The molecule has 1 aromatic heterocycles. The highest BCUT2D eigenvalue weighted by Crippen LogP contribution is 2.22. The zero-order chi connectivity index (χ0) is 19.2. The smallest absolute Gasteiger partial charge is 0.355 e. The Hall–Kier alpha value is -3.54. The highest BCUT2D eigenvalue weighted by molar-refractivity contribution is 5.96. The van der Waals surface area contributed by atoms with Gasteiger partial charge < -0.3 is 19.4 Å². The Morgan fingerprint density at radius 2 is 1.59 bits per heavy atom. The van der Waals surface area contributed by atoms with Crippen LogP contribution in [0.25, 0.3) is 0 Å². The van der Waals surface area contributed by atoms with E-state index < -0.39 is 18.0 Å². The number of nitrogens with zero attached hydrogens (tertiary/aromatic N) is 1. The van der Waals surface area contributed by atoms with Crippen LogP contribution in [0.1, 0.15) is 17.4 Å². The van der Waals surface area contributed by atoms with Gasteiger partial charge >= 0.3 is 5.97 Å². The summed E-state index contributed by atoms with van der Waals surface area (Å²) in [6, 6.07) is 19.7. The van der Waals surface area contributed by atoms with Crippen LogP contribution in [0, 0.1) is 0 Å². The fourth-order valence-corrected chi connectivity index (χ4v) is 2.42. The van der Waals surface area contributed by atoms with Gasteiger partial charge in [0.25, 0.3) is 5.91 Å². The molecule has 0 aliphatic heterocycles. The third kappa shape index (κ3) is 4.76. The number of para-hydroxylation sites is 1. The van der Waals surface area contributed by atoms with Crippen LogP contribution in [0.15, 0.2) is 72.9 Å². The summed E-state index contributed by atoms with van der Waals surface area (Å²) < 4.78 is 12.6. The molecule has 0 bridgehead atoms. The molecule has 138 valence electrons. The minimum atomic E-state index is -0.923. The second-order valence-electron chi connectivity index (χ2n) is 5.98. The number of rotatable bonds is 6. The second kappa shape index (κ2) is 8.23. The lowest BCUT2D eigenvalue weighted by molar-refractivity contribution is -0.123. The van der Waals surface area contributed by atoms with Crippen LogP contribution < -0.4 is 10.1 Å². The van der Waals surface area contributed by atoms with Crippen molar-refractivity contribution in [1.29, 1.82) is 0 Å². The number of esters is 1. The number of aryl methyl sites for hydroxylation is 1. The van der Waals surface area contributed by atoms with Gasteiger partial charge in [0, 0.05) is 18.9 Å². The number of amides is 1. The third-order valence-electron chi connectivity index (χ3n) is 3.91. The van der Waals surface area contributed by atoms with Gasteiger partial charge in [-0.1, -0.05) is 18.2 Å². The average Bonchev–Trinajstić information content (AvgIpc) is 3.10. The minimum Gasteiger partial charge on any atom is -0.457 e. The van der Waals surface area contributed by atoms with Gasteiger partial charge in [0.1, 0.15) is 17.2 Å². The van der Waals surface area contributed by atoms with Crippen molar-refractivity contribution in [3.8, 4) is 11.5 Å². The number of ether oxygens (including phenoxy) is 2. The van der Waals surface area contributed by atoms with Crippen molar-refractivity contribution in [3.05, 3.63) is 78.6 Å². The Bertz CT molecular complexity index is 917. The van der Waals surface area contributed by atoms with Crippen molar-refractivity contribution in [3.63, 3.8) is 0 Å². The number of nitrogens with one attached hydrogen (secondary N) is 1. The maximum absolute atomic E-state index is 12.3. The first kappa shape index (κ1) is 18.3. The molecule has 0 saturated carbocycles. The summed E-state index contributed by atoms with van der Waals surface area (Å²) in [6.45, 7) is 1.53. The molecule has 6 heteroatoms. The van der Waals surface area contributed by atoms with E-state index in [-0.39, 0.29) is 0 Å². The zero-order valence-electron chi connectivity index (χ0n) is 15.1. The molecule has 1 N–H and O–H groups in total. The molecule has 0 fully saturated rings. The van der Waals surface area contributed by atoms with Gasteiger partial charge in [-0.3, -0.25) is 4.79 Å². The van der Waals surface area contributed by atoms with Crippen LogP contribution in [0.2, 0.25) is 0 Å². The van der Waals surface area contributed by atoms with Crippen LogP contribution in [-0.4, -0.2) is 22.5 Å². The number of carbonyl (C=O) groups is 2. The number of benzene rings is 2. The molecule has 2 aromatic carbocycles. The quantitative estimate of drug-likeness (QED) is 0.671. The van der Waals surface area contributed by atoms with E-state index in [1.54, 1.807) is 54.2 Å². The average molecular weight is 364 g/mol. The molecule has 27 heavy (non-hydrogen) atoms. The standard InChI is InChI=1S/C21H20N2O4/c1-15(26-21(25)19-9-6-14-23(19)2)20(24)22-16-10-12-18(13-11-16)27-17-7-4-3-5-8-17/h3-15H,1-2H3,(H,22,24)/t15-/m0/s1. The number of carbonyl (C=O) groups excluding carboxylic acids is 2. The topological polar surface area (TPSA) is 69.6 Å². The molecule has 0 aliphatic rings. The third-order valence-corrected chi connectivity index (χ3v) is 3.91. The van der Waals surface area contributed by atoms with Gasteiger partial charge in [-0.2, -0.15) is 0 Å². The maximum Gasteiger partial charge on any atom is 0.355 e. The van der Waals surface area contributed by atoms with Gasteiger partial charge in [-0.25, -0.2) is 4.79 Å². The molecule has 0 radical (unpaired) electrons. The molecule has 6 nitrogen and oxygen atoms in total. The number of hydrogen-bond donors (Lipinski definition) is 1. The van der Waals surface area contributed by atoms with E-state index in [1.165, 1.54) is 6.92 Å². The molecule has 1 heterocycles. The monoisotopic (exact) mass is 364 g/mol.